The lowest BCUT2D eigenvalue weighted by Crippen LogP contribution is -2.12. The van der Waals surface area contributed by atoms with Gasteiger partial charge in [-0.1, -0.05) is 9.73 Å². The van der Waals surface area contributed by atoms with Crippen LogP contribution in [0.2, 0.25) is 0 Å². The molecule has 17 heavy (non-hydrogen) atoms. The Bertz CT molecular complexity index is 603. The lowest BCUT2D eigenvalue weighted by atomic mass is 10.4. The Labute approximate surface area is 94.4 Å². The highest BCUT2D eigenvalue weighted by Crippen LogP contribution is 2.07. The van der Waals surface area contributed by atoms with Gasteiger partial charge in [0, 0.05) is 0 Å². The minimum Gasteiger partial charge on any atom is -0.477 e. The van der Waals surface area contributed by atoms with E-state index in [0.717, 1.165) is 4.63 Å². The van der Waals surface area contributed by atoms with Gasteiger partial charge in [0.05, 0.1) is 0 Å². The summed E-state index contributed by atoms with van der Waals surface area (Å²) in [5.41, 5.74) is 2.90. The summed E-state index contributed by atoms with van der Waals surface area (Å²) in [4.78, 5) is 14.6. The number of rotatable bonds is 3. The average Bonchev–Trinajstić information content (AvgIpc) is 2.72. The van der Waals surface area contributed by atoms with E-state index in [-0.39, 0.29) is 11.5 Å². The van der Waals surface area contributed by atoms with Crippen molar-refractivity contribution in [1.82, 2.24) is 30.2 Å². The van der Waals surface area contributed by atoms with Crippen LogP contribution in [0.5, 0.6) is 0 Å². The zero-order chi connectivity index (χ0) is 12.4. The molecular weight excluding hydrogens is 228 g/mol. The first-order valence-electron chi connectivity index (χ1n) is 4.54. The van der Waals surface area contributed by atoms with Gasteiger partial charge in [-0.05, 0) is 24.3 Å². The summed E-state index contributed by atoms with van der Waals surface area (Å²) in [7, 11) is 0. The number of carbonyl (C=O) groups is 1. The van der Waals surface area contributed by atoms with E-state index in [9.17, 15) is 4.79 Å². The number of nitrogens with zero attached hydrogens (tertiary/aromatic N) is 7. The average molecular weight is 236 g/mol. The molecule has 0 fully saturated rings. The SMILES string of the molecule is CC(=NNc1nc2nnnn2nc1C)C(=O)O. The summed E-state index contributed by atoms with van der Waals surface area (Å²) in [6, 6.07) is 0. The molecule has 0 unspecified atom stereocenters. The number of aliphatic carboxylic acids is 1. The molecule has 0 saturated heterocycles. The van der Waals surface area contributed by atoms with Crippen LogP contribution in [-0.4, -0.2) is 47.0 Å². The maximum Gasteiger partial charge on any atom is 0.351 e. The van der Waals surface area contributed by atoms with Crippen LogP contribution in [0.15, 0.2) is 5.10 Å². The van der Waals surface area contributed by atoms with Gasteiger partial charge in [0.15, 0.2) is 5.82 Å². The van der Waals surface area contributed by atoms with E-state index in [2.05, 4.69) is 36.1 Å². The lowest BCUT2D eigenvalue weighted by molar-refractivity contribution is -0.129. The molecule has 2 N–H and O–H groups in total. The first-order chi connectivity index (χ1) is 8.08. The molecular formula is C7H8N8O2. The zero-order valence-corrected chi connectivity index (χ0v) is 8.99. The van der Waals surface area contributed by atoms with Gasteiger partial charge in [-0.2, -0.15) is 10.1 Å². The van der Waals surface area contributed by atoms with Gasteiger partial charge in [-0.25, -0.2) is 4.79 Å². The number of anilines is 1. The second kappa shape index (κ2) is 4.08. The van der Waals surface area contributed by atoms with E-state index in [4.69, 9.17) is 5.11 Å². The van der Waals surface area contributed by atoms with E-state index in [1.165, 1.54) is 6.92 Å². The first kappa shape index (κ1) is 10.9. The number of carboxylic acid groups (broad SMARTS) is 1. The Hall–Kier alpha value is -2.65. The second-order valence-corrected chi connectivity index (χ2v) is 3.13. The number of hydrogen-bond donors (Lipinski definition) is 2. The molecule has 2 aromatic heterocycles. The molecule has 0 bridgehead atoms. The van der Waals surface area contributed by atoms with Crippen molar-refractivity contribution in [2.75, 3.05) is 5.43 Å². The molecule has 0 spiro atoms. The minimum absolute atomic E-state index is 0.0920. The number of tetrazole rings is 1. The molecule has 2 heterocycles. The Morgan fingerprint density at radius 3 is 3.00 bits per heavy atom. The predicted octanol–water partition coefficient (Wildman–Crippen LogP) is -0.905. The third-order valence-corrected chi connectivity index (χ3v) is 1.88. The van der Waals surface area contributed by atoms with E-state index < -0.39 is 5.97 Å². The largest absolute Gasteiger partial charge is 0.477 e. The fraction of sp³-hybridized carbons (Fsp3) is 0.286. The van der Waals surface area contributed by atoms with Gasteiger partial charge in [-0.15, -0.1) is 5.10 Å². The van der Waals surface area contributed by atoms with Crippen molar-refractivity contribution in [3.63, 3.8) is 0 Å². The summed E-state index contributed by atoms with van der Waals surface area (Å²) >= 11 is 0. The maximum absolute atomic E-state index is 10.5. The van der Waals surface area contributed by atoms with Crippen molar-refractivity contribution < 1.29 is 9.90 Å². The molecule has 10 nitrogen and oxygen atoms in total. The number of hydrogen-bond acceptors (Lipinski definition) is 8. The van der Waals surface area contributed by atoms with Crippen LogP contribution < -0.4 is 5.43 Å². The maximum atomic E-state index is 10.5. The number of fused-ring (bicyclic) bond motifs is 1. The summed E-state index contributed by atoms with van der Waals surface area (Å²) in [5, 5.41) is 26.8. The summed E-state index contributed by atoms with van der Waals surface area (Å²) in [6.45, 7) is 3.03. The van der Waals surface area contributed by atoms with E-state index in [1.54, 1.807) is 6.92 Å². The highest BCUT2D eigenvalue weighted by Gasteiger charge is 2.07. The first-order valence-corrected chi connectivity index (χ1v) is 4.54. The monoisotopic (exact) mass is 236 g/mol. The van der Waals surface area contributed by atoms with Crippen LogP contribution in [0.3, 0.4) is 0 Å². The van der Waals surface area contributed by atoms with Crippen molar-refractivity contribution in [3.8, 4) is 0 Å². The van der Waals surface area contributed by atoms with Crippen LogP contribution in [-0.2, 0) is 4.79 Å². The Kier molecular flexibility index (Phi) is 2.60. The number of aromatic nitrogens is 6. The fourth-order valence-electron chi connectivity index (χ4n) is 0.971. The van der Waals surface area contributed by atoms with Crippen LogP contribution in [0, 0.1) is 6.92 Å². The van der Waals surface area contributed by atoms with E-state index in [0.29, 0.717) is 11.5 Å². The Morgan fingerprint density at radius 2 is 2.29 bits per heavy atom. The van der Waals surface area contributed by atoms with Crippen LogP contribution in [0.25, 0.3) is 5.78 Å². The van der Waals surface area contributed by atoms with Gasteiger partial charge in [0.2, 0.25) is 0 Å². The second-order valence-electron chi connectivity index (χ2n) is 3.13. The highest BCUT2D eigenvalue weighted by molar-refractivity contribution is 6.34. The summed E-state index contributed by atoms with van der Waals surface area (Å²) < 4.78 is 1.16. The molecule has 88 valence electrons. The quantitative estimate of drug-likeness (QED) is 0.517. The molecule has 0 aliphatic rings. The molecule has 0 aromatic carbocycles. The Morgan fingerprint density at radius 1 is 1.53 bits per heavy atom. The molecule has 0 aliphatic carbocycles. The van der Waals surface area contributed by atoms with Crippen LogP contribution >= 0.6 is 0 Å². The number of nitrogens with one attached hydrogen (secondary N) is 1. The van der Waals surface area contributed by atoms with E-state index >= 15 is 0 Å². The van der Waals surface area contributed by atoms with Gasteiger partial charge in [-0.3, -0.25) is 5.43 Å². The lowest BCUT2D eigenvalue weighted by Gasteiger charge is -2.02. The molecule has 0 amide bonds. The summed E-state index contributed by atoms with van der Waals surface area (Å²) in [5.74, 6) is -0.623. The predicted molar refractivity (Wildman–Crippen MR) is 55.5 cm³/mol. The Balaban J connectivity index is 2.32. The van der Waals surface area contributed by atoms with Crippen molar-refractivity contribution in [1.29, 1.82) is 0 Å². The third kappa shape index (κ3) is 2.14. The zero-order valence-electron chi connectivity index (χ0n) is 8.99. The highest BCUT2D eigenvalue weighted by atomic mass is 16.4. The third-order valence-electron chi connectivity index (χ3n) is 1.88. The molecule has 10 heteroatoms. The molecule has 0 saturated carbocycles. The molecule has 0 radical (unpaired) electrons. The standard InChI is InChI=1S/C7H8N8O2/c1-3-5(10-9-4(2)6(16)17)8-7-11-13-14-15(7)12-3/h1-2H3,(H,16,17)(H,8,10,11,14). The topological polar surface area (TPSA) is 131 Å². The minimum atomic E-state index is -1.12. The van der Waals surface area contributed by atoms with Crippen molar-refractivity contribution in [2.45, 2.75) is 13.8 Å². The van der Waals surface area contributed by atoms with E-state index in [1.807, 2.05) is 0 Å². The molecule has 2 aromatic rings. The van der Waals surface area contributed by atoms with Crippen molar-refractivity contribution in [3.05, 3.63) is 5.69 Å². The molecule has 0 aliphatic heterocycles. The number of hydrazone groups is 1. The molecule has 0 atom stereocenters. The van der Waals surface area contributed by atoms with Crippen LogP contribution in [0.4, 0.5) is 5.82 Å². The normalized spacial score (nSPS) is 11.8. The van der Waals surface area contributed by atoms with Crippen molar-refractivity contribution >= 4 is 23.3 Å². The number of carboxylic acids is 1. The fourth-order valence-corrected chi connectivity index (χ4v) is 0.971. The van der Waals surface area contributed by atoms with Gasteiger partial charge in [0.25, 0.3) is 5.78 Å². The molecule has 2 rings (SSSR count). The van der Waals surface area contributed by atoms with Gasteiger partial charge < -0.3 is 5.11 Å². The summed E-state index contributed by atoms with van der Waals surface area (Å²) in [6.07, 6.45) is 0. The van der Waals surface area contributed by atoms with Crippen LogP contribution in [0.1, 0.15) is 12.6 Å². The smallest absolute Gasteiger partial charge is 0.351 e. The number of aryl methyl sites for hydroxylation is 1. The van der Waals surface area contributed by atoms with Gasteiger partial charge >= 0.3 is 5.97 Å². The van der Waals surface area contributed by atoms with Crippen molar-refractivity contribution in [2.24, 2.45) is 5.10 Å². The van der Waals surface area contributed by atoms with Gasteiger partial charge in [0.1, 0.15) is 11.4 Å².